The third kappa shape index (κ3) is 2.83. The number of hydrogen-bond donors (Lipinski definition) is 0. The van der Waals surface area contributed by atoms with Gasteiger partial charge in [0.2, 0.25) is 0 Å². The summed E-state index contributed by atoms with van der Waals surface area (Å²) in [4.78, 5) is 15.1. The van der Waals surface area contributed by atoms with Crippen molar-refractivity contribution in [2.75, 3.05) is 13.7 Å². The van der Waals surface area contributed by atoms with Gasteiger partial charge < -0.3 is 9.73 Å². The van der Waals surface area contributed by atoms with Crippen molar-refractivity contribution >= 4 is 12.7 Å². The quantitative estimate of drug-likeness (QED) is 0.493. The number of carbonyl (C=O) groups is 1. The molecule has 1 rings (SSSR count). The number of hydrogen-bond acceptors (Lipinski definition) is 3. The normalized spacial score (nSPS) is 28.1. The molecule has 0 unspecified atom stereocenters. The Morgan fingerprint density at radius 1 is 1.46 bits per heavy atom. The molecule has 1 fully saturated rings. The molecule has 1 saturated carbocycles. The summed E-state index contributed by atoms with van der Waals surface area (Å²) in [6.45, 7) is 4.32. The number of aliphatic imine (C=N–C) groups is 1. The Labute approximate surface area is 79.2 Å². The van der Waals surface area contributed by atoms with E-state index in [1.54, 1.807) is 0 Å². The van der Waals surface area contributed by atoms with E-state index in [2.05, 4.69) is 11.7 Å². The maximum atomic E-state index is 11.2. The molecule has 13 heavy (non-hydrogen) atoms. The largest absolute Gasteiger partial charge is 0.469 e. The fourth-order valence-corrected chi connectivity index (χ4v) is 1.93. The smallest absolute Gasteiger partial charge is 0.308 e. The van der Waals surface area contributed by atoms with E-state index in [4.69, 9.17) is 4.74 Å². The monoisotopic (exact) mass is 183 g/mol. The summed E-state index contributed by atoms with van der Waals surface area (Å²) in [7, 11) is 1.46. The fraction of sp³-hybridized carbons (Fsp3) is 0.800. The zero-order valence-electron chi connectivity index (χ0n) is 8.16. The molecule has 0 aliphatic heterocycles. The Kier molecular flexibility index (Phi) is 3.93. The summed E-state index contributed by atoms with van der Waals surface area (Å²) in [5.41, 5.74) is 0. The van der Waals surface area contributed by atoms with Gasteiger partial charge in [0.05, 0.1) is 13.0 Å². The first kappa shape index (κ1) is 10.2. The molecule has 1 aliphatic rings. The van der Waals surface area contributed by atoms with Gasteiger partial charge in [-0.1, -0.05) is 0 Å². The highest BCUT2D eigenvalue weighted by Crippen LogP contribution is 2.29. The van der Waals surface area contributed by atoms with Gasteiger partial charge in [-0.25, -0.2) is 0 Å². The minimum absolute atomic E-state index is 0.0509. The van der Waals surface area contributed by atoms with Crippen LogP contribution in [0.5, 0.6) is 0 Å². The molecule has 0 heterocycles. The minimum atomic E-state index is -0.0509. The van der Waals surface area contributed by atoms with Crippen molar-refractivity contribution in [1.82, 2.24) is 0 Å². The second-order valence-corrected chi connectivity index (χ2v) is 3.65. The summed E-state index contributed by atoms with van der Waals surface area (Å²) in [5.74, 6) is 0.717. The van der Waals surface area contributed by atoms with Crippen LogP contribution >= 0.6 is 0 Å². The van der Waals surface area contributed by atoms with Gasteiger partial charge in [-0.2, -0.15) is 0 Å². The first-order chi connectivity index (χ1) is 6.27. The van der Waals surface area contributed by atoms with Gasteiger partial charge in [-0.05, 0) is 38.3 Å². The van der Waals surface area contributed by atoms with Crippen LogP contribution < -0.4 is 0 Å². The van der Waals surface area contributed by atoms with Gasteiger partial charge in [-0.3, -0.25) is 4.79 Å². The zero-order chi connectivity index (χ0) is 9.68. The van der Waals surface area contributed by atoms with Crippen LogP contribution in [0.4, 0.5) is 0 Å². The molecule has 0 aromatic heterocycles. The highest BCUT2D eigenvalue weighted by atomic mass is 16.5. The van der Waals surface area contributed by atoms with Crippen molar-refractivity contribution in [3.05, 3.63) is 0 Å². The van der Waals surface area contributed by atoms with Crippen molar-refractivity contribution in [2.45, 2.75) is 25.7 Å². The Hall–Kier alpha value is -0.860. The van der Waals surface area contributed by atoms with Gasteiger partial charge in [0.1, 0.15) is 0 Å². The third-order valence-corrected chi connectivity index (χ3v) is 2.77. The molecule has 0 saturated heterocycles. The lowest BCUT2D eigenvalue weighted by Crippen LogP contribution is -2.23. The molecule has 0 atom stereocenters. The van der Waals surface area contributed by atoms with Crippen LogP contribution in [0.15, 0.2) is 4.99 Å². The van der Waals surface area contributed by atoms with Crippen molar-refractivity contribution in [2.24, 2.45) is 16.8 Å². The van der Waals surface area contributed by atoms with Crippen LogP contribution in [0, 0.1) is 11.8 Å². The lowest BCUT2D eigenvalue weighted by molar-refractivity contribution is -0.146. The topological polar surface area (TPSA) is 38.7 Å². The standard InChI is InChI=1S/C10H17NO2/c1-11-7-8-3-5-9(6-4-8)10(12)13-2/h8-9H,1,3-7H2,2H3. The molecule has 0 bridgehead atoms. The molecule has 74 valence electrons. The van der Waals surface area contributed by atoms with Crippen molar-refractivity contribution in [3.8, 4) is 0 Å². The third-order valence-electron chi connectivity index (χ3n) is 2.77. The Morgan fingerprint density at radius 3 is 2.54 bits per heavy atom. The van der Waals surface area contributed by atoms with Crippen molar-refractivity contribution in [3.63, 3.8) is 0 Å². The van der Waals surface area contributed by atoms with Crippen LogP contribution in [0.2, 0.25) is 0 Å². The maximum absolute atomic E-state index is 11.2. The molecule has 0 spiro atoms. The molecule has 0 aromatic carbocycles. The predicted octanol–water partition coefficient (Wildman–Crippen LogP) is 1.67. The molecular weight excluding hydrogens is 166 g/mol. The lowest BCUT2D eigenvalue weighted by Gasteiger charge is -2.25. The van der Waals surface area contributed by atoms with Gasteiger partial charge in [0.15, 0.2) is 0 Å². The summed E-state index contributed by atoms with van der Waals surface area (Å²) in [6.07, 6.45) is 4.07. The SMILES string of the molecule is C=NCC1CCC(C(=O)OC)CC1. The van der Waals surface area contributed by atoms with E-state index >= 15 is 0 Å². The van der Waals surface area contributed by atoms with Crippen molar-refractivity contribution in [1.29, 1.82) is 0 Å². The second-order valence-electron chi connectivity index (χ2n) is 3.65. The van der Waals surface area contributed by atoms with Gasteiger partial charge in [0.25, 0.3) is 0 Å². The van der Waals surface area contributed by atoms with Gasteiger partial charge in [0, 0.05) is 6.54 Å². The Balaban J connectivity index is 2.30. The number of rotatable bonds is 3. The molecule has 3 heteroatoms. The summed E-state index contributed by atoms with van der Waals surface area (Å²) >= 11 is 0. The number of ether oxygens (including phenoxy) is 1. The first-order valence-corrected chi connectivity index (χ1v) is 4.78. The second kappa shape index (κ2) is 5.00. The van der Waals surface area contributed by atoms with Gasteiger partial charge >= 0.3 is 5.97 Å². The summed E-state index contributed by atoms with van der Waals surface area (Å²) in [5, 5.41) is 0. The molecule has 0 aromatic rings. The molecule has 1 aliphatic carbocycles. The van der Waals surface area contributed by atoms with Crippen molar-refractivity contribution < 1.29 is 9.53 Å². The average molecular weight is 183 g/mol. The van der Waals surface area contributed by atoms with E-state index in [-0.39, 0.29) is 11.9 Å². The number of methoxy groups -OCH3 is 1. The molecule has 0 amide bonds. The number of nitrogens with zero attached hydrogens (tertiary/aromatic N) is 1. The molecule has 3 nitrogen and oxygen atoms in total. The summed E-state index contributed by atoms with van der Waals surface area (Å²) in [6, 6.07) is 0. The van der Waals surface area contributed by atoms with E-state index in [0.29, 0.717) is 5.92 Å². The molecular formula is C10H17NO2. The molecule has 0 radical (unpaired) electrons. The van der Waals surface area contributed by atoms with Crippen LogP contribution in [0.1, 0.15) is 25.7 Å². The van der Waals surface area contributed by atoms with E-state index in [1.807, 2.05) is 0 Å². The number of carbonyl (C=O) groups excluding carboxylic acids is 1. The van der Waals surface area contributed by atoms with E-state index < -0.39 is 0 Å². The summed E-state index contributed by atoms with van der Waals surface area (Å²) < 4.78 is 4.71. The molecule has 0 N–H and O–H groups in total. The Bertz CT molecular complexity index is 183. The van der Waals surface area contributed by atoms with Crippen LogP contribution in [0.25, 0.3) is 0 Å². The van der Waals surface area contributed by atoms with Crippen LogP contribution in [0.3, 0.4) is 0 Å². The first-order valence-electron chi connectivity index (χ1n) is 4.78. The van der Waals surface area contributed by atoms with E-state index in [0.717, 1.165) is 32.2 Å². The average Bonchev–Trinajstić information content (AvgIpc) is 2.18. The maximum Gasteiger partial charge on any atom is 0.308 e. The highest BCUT2D eigenvalue weighted by Gasteiger charge is 2.26. The highest BCUT2D eigenvalue weighted by molar-refractivity contribution is 5.72. The van der Waals surface area contributed by atoms with Crippen LogP contribution in [-0.4, -0.2) is 26.3 Å². The lowest BCUT2D eigenvalue weighted by atomic mass is 9.82. The van der Waals surface area contributed by atoms with E-state index in [9.17, 15) is 4.79 Å². The Morgan fingerprint density at radius 2 is 2.08 bits per heavy atom. The minimum Gasteiger partial charge on any atom is -0.469 e. The predicted molar refractivity (Wildman–Crippen MR) is 51.9 cm³/mol. The van der Waals surface area contributed by atoms with E-state index in [1.165, 1.54) is 7.11 Å². The van der Waals surface area contributed by atoms with Gasteiger partial charge in [-0.15, -0.1) is 0 Å². The zero-order valence-corrected chi connectivity index (χ0v) is 8.16. The van der Waals surface area contributed by atoms with Crippen LogP contribution in [-0.2, 0) is 9.53 Å². The number of esters is 1. The fourth-order valence-electron chi connectivity index (χ4n) is 1.93.